The summed E-state index contributed by atoms with van der Waals surface area (Å²) in [5, 5.41) is 11.6. The minimum atomic E-state index is -0.896. The molecule has 0 fully saturated rings. The smallest absolute Gasteiger partial charge is 0.338 e. The van der Waals surface area contributed by atoms with Crippen molar-refractivity contribution in [3.05, 3.63) is 104 Å². The van der Waals surface area contributed by atoms with Crippen LogP contribution in [-0.2, 0) is 9.53 Å². The van der Waals surface area contributed by atoms with Gasteiger partial charge in [-0.05, 0) is 72.7 Å². The highest BCUT2D eigenvalue weighted by Gasteiger charge is 2.34. The van der Waals surface area contributed by atoms with Gasteiger partial charge in [-0.1, -0.05) is 35.6 Å². The van der Waals surface area contributed by atoms with Gasteiger partial charge < -0.3 is 4.74 Å². The number of carbonyl (C=O) groups is 1. The number of nitro benzene ring substituents is 1. The maximum atomic E-state index is 13.6. The van der Waals surface area contributed by atoms with Crippen LogP contribution in [0.25, 0.3) is 6.08 Å². The average Bonchev–Trinajstić information content (AvgIpc) is 3.07. The highest BCUT2D eigenvalue weighted by Crippen LogP contribution is 2.33. The number of nitro groups is 1. The van der Waals surface area contributed by atoms with E-state index in [0.29, 0.717) is 26.2 Å². The van der Waals surface area contributed by atoms with E-state index in [-0.39, 0.29) is 23.4 Å². The van der Waals surface area contributed by atoms with Gasteiger partial charge in [-0.3, -0.25) is 19.5 Å². The predicted molar refractivity (Wildman–Crippen MR) is 137 cm³/mol. The van der Waals surface area contributed by atoms with Gasteiger partial charge in [-0.25, -0.2) is 9.79 Å². The number of fused-ring (bicyclic) bond motifs is 1. The molecule has 4 rings (SSSR count). The molecule has 10 heteroatoms. The quantitative estimate of drug-likeness (QED) is 0.196. The first-order chi connectivity index (χ1) is 16.2. The minimum absolute atomic E-state index is 0.0867. The van der Waals surface area contributed by atoms with Crippen molar-refractivity contribution in [1.82, 2.24) is 4.57 Å². The number of hydrogen-bond donors (Lipinski definition) is 0. The first-order valence-electron chi connectivity index (χ1n) is 10.4. The molecular formula is C24H20IN3O5S. The zero-order valence-corrected chi connectivity index (χ0v) is 21.5. The molecule has 3 aromatic rings. The minimum Gasteiger partial charge on any atom is -0.463 e. The zero-order chi connectivity index (χ0) is 24.6. The second-order valence-corrected chi connectivity index (χ2v) is 9.92. The van der Waals surface area contributed by atoms with Crippen LogP contribution in [-0.4, -0.2) is 22.1 Å². The van der Waals surface area contributed by atoms with Crippen molar-refractivity contribution in [2.45, 2.75) is 26.8 Å². The third-order valence-electron chi connectivity index (χ3n) is 5.41. The van der Waals surface area contributed by atoms with Gasteiger partial charge in [0.2, 0.25) is 0 Å². The largest absolute Gasteiger partial charge is 0.463 e. The number of esters is 1. The van der Waals surface area contributed by atoms with Crippen LogP contribution in [0.5, 0.6) is 0 Å². The Labute approximate surface area is 212 Å². The van der Waals surface area contributed by atoms with E-state index in [1.54, 1.807) is 39.0 Å². The number of allylic oxidation sites excluding steroid dienone is 1. The number of aryl methyl sites for hydroxylation is 1. The fourth-order valence-corrected chi connectivity index (χ4v) is 5.46. The lowest BCUT2D eigenvalue weighted by Crippen LogP contribution is -2.40. The molecule has 0 amide bonds. The number of ether oxygens (including phenoxy) is 1. The second kappa shape index (κ2) is 9.63. The summed E-state index contributed by atoms with van der Waals surface area (Å²) in [6.45, 7) is 5.16. The highest BCUT2D eigenvalue weighted by molar-refractivity contribution is 14.1. The molecule has 0 bridgehead atoms. The molecule has 0 saturated heterocycles. The van der Waals surface area contributed by atoms with Gasteiger partial charge in [-0.2, -0.15) is 0 Å². The standard InChI is InChI=1S/C24H20IN3O5S/c1-4-33-23(30)20-14(3)26-24-27(21(20)16-9-8-13(2)18(12-16)28(31)32)22(29)19(34-24)11-15-6-5-7-17(25)10-15/h5-12,21H,4H2,1-3H3/b19-11+/t21-/m1/s1. The molecule has 0 N–H and O–H groups in total. The van der Waals surface area contributed by atoms with E-state index in [2.05, 4.69) is 27.6 Å². The monoisotopic (exact) mass is 589 g/mol. The van der Waals surface area contributed by atoms with Gasteiger partial charge in [0.05, 0.1) is 33.4 Å². The van der Waals surface area contributed by atoms with Crippen LogP contribution in [0.1, 0.15) is 36.6 Å². The van der Waals surface area contributed by atoms with Crippen molar-refractivity contribution in [1.29, 1.82) is 0 Å². The molecule has 0 radical (unpaired) electrons. The Hall–Kier alpha value is -3.12. The number of hydrogen-bond acceptors (Lipinski definition) is 7. The van der Waals surface area contributed by atoms with Gasteiger partial charge in [0, 0.05) is 15.2 Å². The van der Waals surface area contributed by atoms with Crippen LogP contribution in [0, 0.1) is 20.6 Å². The average molecular weight is 589 g/mol. The topological polar surface area (TPSA) is 104 Å². The van der Waals surface area contributed by atoms with Gasteiger partial charge in [0.15, 0.2) is 4.80 Å². The Balaban J connectivity index is 2.00. The molecule has 2 heterocycles. The Morgan fingerprint density at radius 2 is 2.06 bits per heavy atom. The molecule has 0 spiro atoms. The van der Waals surface area contributed by atoms with Crippen LogP contribution in [0.3, 0.4) is 0 Å². The van der Waals surface area contributed by atoms with Gasteiger partial charge in [0.25, 0.3) is 11.2 Å². The number of rotatable bonds is 5. The van der Waals surface area contributed by atoms with E-state index in [0.717, 1.165) is 9.13 Å². The molecule has 2 aromatic carbocycles. The summed E-state index contributed by atoms with van der Waals surface area (Å²) in [4.78, 5) is 42.6. The predicted octanol–water partition coefficient (Wildman–Crippen LogP) is 3.62. The van der Waals surface area contributed by atoms with Gasteiger partial charge >= 0.3 is 5.97 Å². The number of nitrogens with zero attached hydrogens (tertiary/aromatic N) is 3. The maximum Gasteiger partial charge on any atom is 0.338 e. The summed E-state index contributed by atoms with van der Waals surface area (Å²) in [6.07, 6.45) is 1.78. The number of benzene rings is 2. The van der Waals surface area contributed by atoms with Crippen LogP contribution in [0.15, 0.2) is 63.5 Å². The number of halogens is 1. The SMILES string of the molecule is CCOC(=O)C1=C(C)N=c2s/c(=C/c3cccc(I)c3)c(=O)n2[C@@H]1c1ccc(C)c([N+](=O)[O-])c1. The molecule has 174 valence electrons. The van der Waals surface area contributed by atoms with Crippen LogP contribution >= 0.6 is 33.9 Å². The summed E-state index contributed by atoms with van der Waals surface area (Å²) < 4.78 is 8.17. The maximum absolute atomic E-state index is 13.6. The number of thiazole rings is 1. The molecule has 0 saturated carbocycles. The first-order valence-corrected chi connectivity index (χ1v) is 12.3. The summed E-state index contributed by atoms with van der Waals surface area (Å²) in [5.41, 5.74) is 1.97. The van der Waals surface area contributed by atoms with Crippen molar-refractivity contribution in [3.63, 3.8) is 0 Å². The van der Waals surface area contributed by atoms with Gasteiger partial charge in [-0.15, -0.1) is 0 Å². The van der Waals surface area contributed by atoms with Crippen molar-refractivity contribution in [3.8, 4) is 0 Å². The third-order valence-corrected chi connectivity index (χ3v) is 7.06. The molecular weight excluding hydrogens is 569 g/mol. The fourth-order valence-electron chi connectivity index (χ4n) is 3.85. The fraction of sp³-hybridized carbons (Fsp3) is 0.208. The van der Waals surface area contributed by atoms with E-state index in [1.807, 2.05) is 24.3 Å². The van der Waals surface area contributed by atoms with Crippen LogP contribution in [0.4, 0.5) is 5.69 Å². The van der Waals surface area contributed by atoms with E-state index >= 15 is 0 Å². The first kappa shape index (κ1) is 24.0. The van der Waals surface area contributed by atoms with Crippen molar-refractivity contribution >= 4 is 51.7 Å². The van der Waals surface area contributed by atoms with Crippen LogP contribution < -0.4 is 14.9 Å². The summed E-state index contributed by atoms with van der Waals surface area (Å²) in [5.74, 6) is -0.608. The molecule has 8 nitrogen and oxygen atoms in total. The summed E-state index contributed by atoms with van der Waals surface area (Å²) >= 11 is 3.42. The Bertz CT molecular complexity index is 1540. The molecule has 34 heavy (non-hydrogen) atoms. The lowest BCUT2D eigenvalue weighted by molar-refractivity contribution is -0.385. The molecule has 1 aliphatic heterocycles. The van der Waals surface area contributed by atoms with E-state index in [9.17, 15) is 19.7 Å². The number of aromatic nitrogens is 1. The van der Waals surface area contributed by atoms with Crippen LogP contribution in [0.2, 0.25) is 0 Å². The van der Waals surface area contributed by atoms with Crippen molar-refractivity contribution < 1.29 is 14.5 Å². The molecule has 1 atom stereocenters. The molecule has 1 aliphatic rings. The van der Waals surface area contributed by atoms with E-state index in [1.165, 1.54) is 22.0 Å². The van der Waals surface area contributed by atoms with E-state index in [4.69, 9.17) is 4.74 Å². The Morgan fingerprint density at radius 1 is 1.29 bits per heavy atom. The third kappa shape index (κ3) is 4.47. The number of carbonyl (C=O) groups excluding carboxylic acids is 1. The lowest BCUT2D eigenvalue weighted by Gasteiger charge is -2.24. The lowest BCUT2D eigenvalue weighted by atomic mass is 9.94. The highest BCUT2D eigenvalue weighted by atomic mass is 127. The molecule has 0 aliphatic carbocycles. The second-order valence-electron chi connectivity index (χ2n) is 7.66. The van der Waals surface area contributed by atoms with Crippen molar-refractivity contribution in [2.75, 3.05) is 6.61 Å². The van der Waals surface area contributed by atoms with Gasteiger partial charge in [0.1, 0.15) is 0 Å². The molecule has 0 unspecified atom stereocenters. The van der Waals surface area contributed by atoms with Crippen molar-refractivity contribution in [2.24, 2.45) is 4.99 Å². The summed E-state index contributed by atoms with van der Waals surface area (Å²) in [6, 6.07) is 11.5. The normalized spacial score (nSPS) is 15.6. The van der Waals surface area contributed by atoms with E-state index < -0.39 is 16.9 Å². The zero-order valence-electron chi connectivity index (χ0n) is 18.6. The molecule has 1 aromatic heterocycles. The Kier molecular flexibility index (Phi) is 6.80. The Morgan fingerprint density at radius 3 is 2.74 bits per heavy atom. The summed E-state index contributed by atoms with van der Waals surface area (Å²) in [7, 11) is 0.